The van der Waals surface area contributed by atoms with Crippen molar-refractivity contribution in [2.45, 2.75) is 37.9 Å². The molecular formula is C8H18N2O3. The molecule has 5 heteroatoms. The standard InChI is InChI=1S/C8H18N2O3/c1-5-4-6(10(2)3)7(11)8(12-5)13-9/h5-8,11H,4,9H2,1-3H3/t5-,6+,7-,8+/m1/s1. The molecule has 1 saturated heterocycles. The average molecular weight is 190 g/mol. The molecule has 0 aromatic rings. The number of hydrogen-bond acceptors (Lipinski definition) is 5. The molecule has 0 aromatic carbocycles. The first kappa shape index (κ1) is 10.9. The van der Waals surface area contributed by atoms with E-state index in [4.69, 9.17) is 10.6 Å². The summed E-state index contributed by atoms with van der Waals surface area (Å²) in [5, 5.41) is 9.75. The summed E-state index contributed by atoms with van der Waals surface area (Å²) >= 11 is 0. The van der Waals surface area contributed by atoms with Crippen LogP contribution in [0.25, 0.3) is 0 Å². The first-order valence-electron chi connectivity index (χ1n) is 4.41. The fourth-order valence-corrected chi connectivity index (χ4v) is 1.65. The molecular weight excluding hydrogens is 172 g/mol. The number of aliphatic hydroxyl groups excluding tert-OH is 1. The molecule has 1 aliphatic heterocycles. The smallest absolute Gasteiger partial charge is 0.204 e. The van der Waals surface area contributed by atoms with E-state index < -0.39 is 12.4 Å². The molecule has 0 saturated carbocycles. The molecule has 0 unspecified atom stereocenters. The molecule has 0 aliphatic carbocycles. The number of nitrogens with two attached hydrogens (primary N) is 1. The third-order valence-corrected chi connectivity index (χ3v) is 2.41. The van der Waals surface area contributed by atoms with Crippen molar-refractivity contribution < 1.29 is 14.7 Å². The van der Waals surface area contributed by atoms with Gasteiger partial charge in [0, 0.05) is 6.04 Å². The van der Waals surface area contributed by atoms with E-state index in [1.165, 1.54) is 0 Å². The number of nitrogens with zero attached hydrogens (tertiary/aromatic N) is 1. The van der Waals surface area contributed by atoms with E-state index >= 15 is 0 Å². The van der Waals surface area contributed by atoms with Gasteiger partial charge in [-0.2, -0.15) is 0 Å². The van der Waals surface area contributed by atoms with Gasteiger partial charge in [0.1, 0.15) is 6.10 Å². The van der Waals surface area contributed by atoms with Crippen molar-refractivity contribution in [2.75, 3.05) is 14.1 Å². The van der Waals surface area contributed by atoms with Crippen LogP contribution in [0, 0.1) is 0 Å². The normalized spacial score (nSPS) is 41.1. The Labute approximate surface area is 78.4 Å². The highest BCUT2D eigenvalue weighted by molar-refractivity contribution is 4.84. The molecule has 0 spiro atoms. The lowest BCUT2D eigenvalue weighted by molar-refractivity contribution is -0.254. The second-order valence-electron chi connectivity index (χ2n) is 3.71. The molecule has 1 heterocycles. The van der Waals surface area contributed by atoms with E-state index in [0.717, 1.165) is 6.42 Å². The Morgan fingerprint density at radius 1 is 1.54 bits per heavy atom. The number of hydrogen-bond donors (Lipinski definition) is 2. The van der Waals surface area contributed by atoms with Crippen molar-refractivity contribution in [3.05, 3.63) is 0 Å². The third kappa shape index (κ3) is 2.38. The predicted molar refractivity (Wildman–Crippen MR) is 47.7 cm³/mol. The van der Waals surface area contributed by atoms with E-state index in [9.17, 15) is 5.11 Å². The highest BCUT2D eigenvalue weighted by atomic mass is 16.8. The molecule has 1 fully saturated rings. The molecule has 5 nitrogen and oxygen atoms in total. The van der Waals surface area contributed by atoms with Gasteiger partial charge in [0.15, 0.2) is 0 Å². The lowest BCUT2D eigenvalue weighted by Gasteiger charge is -2.39. The van der Waals surface area contributed by atoms with E-state index in [0.29, 0.717) is 0 Å². The van der Waals surface area contributed by atoms with Crippen LogP contribution in [0.15, 0.2) is 0 Å². The summed E-state index contributed by atoms with van der Waals surface area (Å²) < 4.78 is 5.30. The van der Waals surface area contributed by atoms with Crippen LogP contribution in [0.2, 0.25) is 0 Å². The van der Waals surface area contributed by atoms with Crippen molar-refractivity contribution in [3.63, 3.8) is 0 Å². The van der Waals surface area contributed by atoms with Crippen molar-refractivity contribution >= 4 is 0 Å². The number of rotatable bonds is 2. The van der Waals surface area contributed by atoms with Gasteiger partial charge in [-0.15, -0.1) is 0 Å². The molecule has 0 amide bonds. The number of aliphatic hydroxyl groups is 1. The zero-order valence-electron chi connectivity index (χ0n) is 8.30. The molecule has 13 heavy (non-hydrogen) atoms. The van der Waals surface area contributed by atoms with Gasteiger partial charge >= 0.3 is 0 Å². The second kappa shape index (κ2) is 4.34. The predicted octanol–water partition coefficient (Wildman–Crippen LogP) is -0.697. The third-order valence-electron chi connectivity index (χ3n) is 2.41. The topological polar surface area (TPSA) is 68.0 Å². The number of ether oxygens (including phenoxy) is 1. The van der Waals surface area contributed by atoms with Gasteiger partial charge in [-0.25, -0.2) is 5.90 Å². The minimum absolute atomic E-state index is 0.0392. The maximum absolute atomic E-state index is 9.75. The van der Waals surface area contributed by atoms with Gasteiger partial charge in [0.2, 0.25) is 6.29 Å². The highest BCUT2D eigenvalue weighted by Crippen LogP contribution is 2.22. The fourth-order valence-electron chi connectivity index (χ4n) is 1.65. The Kier molecular flexibility index (Phi) is 3.63. The molecule has 0 bridgehead atoms. The molecule has 1 rings (SSSR count). The van der Waals surface area contributed by atoms with Crippen LogP contribution in [0.5, 0.6) is 0 Å². The van der Waals surface area contributed by atoms with Crippen LogP contribution in [-0.2, 0) is 9.57 Å². The van der Waals surface area contributed by atoms with Crippen molar-refractivity contribution in [1.29, 1.82) is 0 Å². The Morgan fingerprint density at radius 2 is 2.15 bits per heavy atom. The Balaban J connectivity index is 2.63. The highest BCUT2D eigenvalue weighted by Gasteiger charge is 2.37. The molecule has 3 N–H and O–H groups in total. The fraction of sp³-hybridized carbons (Fsp3) is 1.00. The first-order chi connectivity index (χ1) is 6.06. The summed E-state index contributed by atoms with van der Waals surface area (Å²) in [6, 6.07) is 0.0392. The van der Waals surface area contributed by atoms with Crippen LogP contribution in [-0.4, -0.2) is 48.6 Å². The van der Waals surface area contributed by atoms with Crippen LogP contribution in [0.3, 0.4) is 0 Å². The quantitative estimate of drug-likeness (QED) is 0.564. The maximum atomic E-state index is 9.75. The molecule has 0 aromatic heterocycles. The largest absolute Gasteiger partial charge is 0.386 e. The summed E-state index contributed by atoms with van der Waals surface area (Å²) in [6.45, 7) is 1.94. The van der Waals surface area contributed by atoms with Gasteiger partial charge in [-0.1, -0.05) is 0 Å². The summed E-state index contributed by atoms with van der Waals surface area (Å²) in [6.07, 6.45) is -0.551. The van der Waals surface area contributed by atoms with E-state index in [1.807, 2.05) is 25.9 Å². The van der Waals surface area contributed by atoms with Gasteiger partial charge in [0.05, 0.1) is 6.10 Å². The zero-order valence-corrected chi connectivity index (χ0v) is 8.30. The van der Waals surface area contributed by atoms with Gasteiger partial charge in [0.25, 0.3) is 0 Å². The number of likely N-dealkylation sites (N-methyl/N-ethyl adjacent to an activating group) is 1. The van der Waals surface area contributed by atoms with Crippen molar-refractivity contribution in [3.8, 4) is 0 Å². The Hall–Kier alpha value is -0.200. The summed E-state index contributed by atoms with van der Waals surface area (Å²) in [4.78, 5) is 6.51. The monoisotopic (exact) mass is 190 g/mol. The average Bonchev–Trinajstić information content (AvgIpc) is 2.08. The van der Waals surface area contributed by atoms with Gasteiger partial charge < -0.3 is 14.7 Å². The molecule has 1 aliphatic rings. The lowest BCUT2D eigenvalue weighted by Crippen LogP contribution is -2.54. The van der Waals surface area contributed by atoms with Crippen molar-refractivity contribution in [1.82, 2.24) is 4.90 Å². The first-order valence-corrected chi connectivity index (χ1v) is 4.41. The second-order valence-corrected chi connectivity index (χ2v) is 3.71. The van der Waals surface area contributed by atoms with Gasteiger partial charge in [-0.05, 0) is 27.4 Å². The SMILES string of the molecule is C[C@@H]1C[C@H](N(C)C)[C@@H](O)[C@H](ON)O1. The minimum atomic E-state index is -0.712. The molecule has 4 atom stereocenters. The van der Waals surface area contributed by atoms with E-state index in [-0.39, 0.29) is 12.1 Å². The Morgan fingerprint density at radius 3 is 2.62 bits per heavy atom. The van der Waals surface area contributed by atoms with Gasteiger partial charge in [-0.3, -0.25) is 4.84 Å². The minimum Gasteiger partial charge on any atom is -0.386 e. The van der Waals surface area contributed by atoms with Crippen LogP contribution in [0.1, 0.15) is 13.3 Å². The van der Waals surface area contributed by atoms with E-state index in [2.05, 4.69) is 4.84 Å². The Bertz CT molecular complexity index is 165. The summed E-state index contributed by atoms with van der Waals surface area (Å²) in [5.41, 5.74) is 0. The van der Waals surface area contributed by atoms with Crippen LogP contribution in [0.4, 0.5) is 0 Å². The summed E-state index contributed by atoms with van der Waals surface area (Å²) in [7, 11) is 3.83. The maximum Gasteiger partial charge on any atom is 0.204 e. The van der Waals surface area contributed by atoms with E-state index in [1.54, 1.807) is 0 Å². The van der Waals surface area contributed by atoms with Crippen LogP contribution < -0.4 is 5.90 Å². The lowest BCUT2D eigenvalue weighted by atomic mass is 9.99. The van der Waals surface area contributed by atoms with Crippen LogP contribution >= 0.6 is 0 Å². The summed E-state index contributed by atoms with van der Waals surface area (Å²) in [5.74, 6) is 5.01. The van der Waals surface area contributed by atoms with Crippen molar-refractivity contribution in [2.24, 2.45) is 5.90 Å². The zero-order chi connectivity index (χ0) is 10.0. The molecule has 78 valence electrons. The molecule has 0 radical (unpaired) electrons.